The van der Waals surface area contributed by atoms with E-state index in [0.717, 1.165) is 11.8 Å². The van der Waals surface area contributed by atoms with Gasteiger partial charge in [0.2, 0.25) is 0 Å². The predicted octanol–water partition coefficient (Wildman–Crippen LogP) is 4.27. The summed E-state index contributed by atoms with van der Waals surface area (Å²) >= 11 is 0. The van der Waals surface area contributed by atoms with E-state index in [-0.39, 0.29) is 0 Å². The zero-order valence-corrected chi connectivity index (χ0v) is 9.35. The Kier molecular flexibility index (Phi) is 4.59. The van der Waals surface area contributed by atoms with Crippen molar-refractivity contribution in [3.8, 4) is 0 Å². The quantitative estimate of drug-likeness (QED) is 0.538. The molecule has 0 saturated heterocycles. The van der Waals surface area contributed by atoms with Gasteiger partial charge in [-0.2, -0.15) is 0 Å². The number of rotatable bonds is 5. The van der Waals surface area contributed by atoms with Crippen molar-refractivity contribution in [2.75, 3.05) is 0 Å². The molecule has 0 nitrogen and oxygen atoms in total. The van der Waals surface area contributed by atoms with E-state index in [1.165, 1.54) is 12.8 Å². The van der Waals surface area contributed by atoms with Gasteiger partial charge in [-0.25, -0.2) is 0 Å². The van der Waals surface area contributed by atoms with Crippen LogP contribution >= 0.6 is 0 Å². The minimum atomic E-state index is 0.329. The van der Waals surface area contributed by atoms with Gasteiger partial charge < -0.3 is 0 Å². The summed E-state index contributed by atoms with van der Waals surface area (Å²) in [5.41, 5.74) is 0.329. The average Bonchev–Trinajstić information content (AvgIpc) is 2.14. The normalized spacial score (nSPS) is 21.1. The second kappa shape index (κ2) is 4.69. The first-order valence-corrected chi connectivity index (χ1v) is 5.15. The van der Waals surface area contributed by atoms with E-state index in [1.54, 1.807) is 0 Å². The Morgan fingerprint density at radius 3 is 2.08 bits per heavy atom. The number of hydrogen-bond acceptors (Lipinski definition) is 0. The Morgan fingerprint density at radius 2 is 1.83 bits per heavy atom. The lowest BCUT2D eigenvalue weighted by molar-refractivity contribution is 0.189. The van der Waals surface area contributed by atoms with Crippen molar-refractivity contribution >= 4 is 0 Å². The summed E-state index contributed by atoms with van der Waals surface area (Å²) in [5, 5.41) is 0. The molecule has 0 heterocycles. The maximum atomic E-state index is 3.94. The lowest BCUT2D eigenvalue weighted by atomic mass is 9.70. The third-order valence-electron chi connectivity index (χ3n) is 3.77. The fraction of sp³-hybridized carbons (Fsp3) is 0.833. The molecular weight excluding hydrogens is 144 g/mol. The van der Waals surface area contributed by atoms with Crippen molar-refractivity contribution in [2.45, 2.75) is 47.5 Å². The molecule has 0 aromatic rings. The van der Waals surface area contributed by atoms with E-state index in [9.17, 15) is 0 Å². The van der Waals surface area contributed by atoms with Crippen LogP contribution in [0.1, 0.15) is 47.5 Å². The molecule has 0 rings (SSSR count). The van der Waals surface area contributed by atoms with Crippen LogP contribution in [0.25, 0.3) is 0 Å². The zero-order chi connectivity index (χ0) is 9.78. The summed E-state index contributed by atoms with van der Waals surface area (Å²) in [6.45, 7) is 15.5. The first kappa shape index (κ1) is 11.7. The van der Waals surface area contributed by atoms with Gasteiger partial charge in [-0.15, -0.1) is 6.58 Å². The van der Waals surface area contributed by atoms with Crippen LogP contribution in [0.4, 0.5) is 0 Å². The van der Waals surface area contributed by atoms with Crippen LogP contribution in [-0.4, -0.2) is 0 Å². The second-order valence-corrected chi connectivity index (χ2v) is 4.24. The molecule has 0 aliphatic heterocycles. The molecule has 0 aliphatic carbocycles. The molecule has 3 atom stereocenters. The van der Waals surface area contributed by atoms with Crippen molar-refractivity contribution in [3.63, 3.8) is 0 Å². The van der Waals surface area contributed by atoms with Crippen molar-refractivity contribution in [1.29, 1.82) is 0 Å². The Balaban J connectivity index is 4.40. The van der Waals surface area contributed by atoms with Crippen molar-refractivity contribution in [1.82, 2.24) is 0 Å². The van der Waals surface area contributed by atoms with Crippen LogP contribution in [0.2, 0.25) is 0 Å². The lowest BCUT2D eigenvalue weighted by Crippen LogP contribution is -2.27. The second-order valence-electron chi connectivity index (χ2n) is 4.24. The molecule has 3 unspecified atom stereocenters. The standard InChI is InChI=1S/C12H24/c1-7-10(4)11(5)12(6,8-2)9-3/h8,10-11H,2,7,9H2,1,3-6H3. The maximum Gasteiger partial charge on any atom is -0.0124 e. The minimum absolute atomic E-state index is 0.329. The predicted molar refractivity (Wildman–Crippen MR) is 57.2 cm³/mol. The highest BCUT2D eigenvalue weighted by Crippen LogP contribution is 2.37. The minimum Gasteiger partial charge on any atom is -0.103 e. The SMILES string of the molecule is C=CC(C)(CC)C(C)C(C)CC. The van der Waals surface area contributed by atoms with Crippen LogP contribution in [0.5, 0.6) is 0 Å². The highest BCUT2D eigenvalue weighted by molar-refractivity contribution is 4.95. The molecular formula is C12H24. The van der Waals surface area contributed by atoms with Gasteiger partial charge >= 0.3 is 0 Å². The molecule has 0 heteroatoms. The maximum absolute atomic E-state index is 3.94. The third kappa shape index (κ3) is 2.36. The van der Waals surface area contributed by atoms with Crippen LogP contribution in [0, 0.1) is 17.3 Å². The van der Waals surface area contributed by atoms with Crippen LogP contribution in [0.3, 0.4) is 0 Å². The Morgan fingerprint density at radius 1 is 1.33 bits per heavy atom. The molecule has 0 spiro atoms. The van der Waals surface area contributed by atoms with Crippen molar-refractivity contribution in [2.24, 2.45) is 17.3 Å². The first-order valence-electron chi connectivity index (χ1n) is 5.15. The smallest absolute Gasteiger partial charge is 0.0124 e. The zero-order valence-electron chi connectivity index (χ0n) is 9.35. The van der Waals surface area contributed by atoms with E-state index < -0.39 is 0 Å². The van der Waals surface area contributed by atoms with E-state index in [1.807, 2.05) is 0 Å². The van der Waals surface area contributed by atoms with E-state index in [4.69, 9.17) is 0 Å². The largest absolute Gasteiger partial charge is 0.103 e. The van der Waals surface area contributed by atoms with Gasteiger partial charge in [-0.3, -0.25) is 0 Å². The van der Waals surface area contributed by atoms with E-state index in [2.05, 4.69) is 47.3 Å². The highest BCUT2D eigenvalue weighted by Gasteiger charge is 2.28. The van der Waals surface area contributed by atoms with Gasteiger partial charge in [-0.1, -0.05) is 47.1 Å². The summed E-state index contributed by atoms with van der Waals surface area (Å²) in [7, 11) is 0. The molecule has 0 aromatic heterocycles. The molecule has 0 aliphatic rings. The van der Waals surface area contributed by atoms with Gasteiger partial charge in [0.15, 0.2) is 0 Å². The molecule has 0 radical (unpaired) electrons. The van der Waals surface area contributed by atoms with Crippen molar-refractivity contribution < 1.29 is 0 Å². The van der Waals surface area contributed by atoms with Crippen LogP contribution in [0.15, 0.2) is 12.7 Å². The molecule has 0 fully saturated rings. The Hall–Kier alpha value is -0.260. The Bertz CT molecular complexity index is 137. The van der Waals surface area contributed by atoms with E-state index in [0.29, 0.717) is 5.41 Å². The molecule has 0 bridgehead atoms. The van der Waals surface area contributed by atoms with Gasteiger partial charge in [0.1, 0.15) is 0 Å². The van der Waals surface area contributed by atoms with Gasteiger partial charge in [0.05, 0.1) is 0 Å². The summed E-state index contributed by atoms with van der Waals surface area (Å²) in [6.07, 6.45) is 4.59. The van der Waals surface area contributed by atoms with Gasteiger partial charge in [0, 0.05) is 0 Å². The monoisotopic (exact) mass is 168 g/mol. The average molecular weight is 168 g/mol. The van der Waals surface area contributed by atoms with Crippen LogP contribution in [-0.2, 0) is 0 Å². The molecule has 0 aromatic carbocycles. The summed E-state index contributed by atoms with van der Waals surface area (Å²) in [6, 6.07) is 0. The number of allylic oxidation sites excluding steroid dienone is 1. The fourth-order valence-electron chi connectivity index (χ4n) is 1.66. The molecule has 72 valence electrons. The lowest BCUT2D eigenvalue weighted by Gasteiger charge is -2.35. The summed E-state index contributed by atoms with van der Waals surface area (Å²) in [4.78, 5) is 0. The molecule has 12 heavy (non-hydrogen) atoms. The molecule has 0 N–H and O–H groups in total. The highest BCUT2D eigenvalue weighted by atomic mass is 14.3. The van der Waals surface area contributed by atoms with Gasteiger partial charge in [0.25, 0.3) is 0 Å². The van der Waals surface area contributed by atoms with Gasteiger partial charge in [-0.05, 0) is 23.7 Å². The topological polar surface area (TPSA) is 0 Å². The molecule has 0 amide bonds. The van der Waals surface area contributed by atoms with E-state index >= 15 is 0 Å². The summed E-state index contributed by atoms with van der Waals surface area (Å²) in [5.74, 6) is 1.54. The van der Waals surface area contributed by atoms with Crippen LogP contribution < -0.4 is 0 Å². The molecule has 0 saturated carbocycles. The third-order valence-corrected chi connectivity index (χ3v) is 3.77. The van der Waals surface area contributed by atoms with Crippen molar-refractivity contribution in [3.05, 3.63) is 12.7 Å². The first-order chi connectivity index (χ1) is 5.51. The summed E-state index contributed by atoms with van der Waals surface area (Å²) < 4.78 is 0. The number of hydrogen-bond donors (Lipinski definition) is 0. The Labute approximate surface area is 78.1 Å². The fourth-order valence-corrected chi connectivity index (χ4v) is 1.66.